The molecule has 0 atom stereocenters. The van der Waals surface area contributed by atoms with Crippen LogP contribution in [-0.4, -0.2) is 46.9 Å². The number of hydrogen-bond acceptors (Lipinski definition) is 5. The molecule has 6 nitrogen and oxygen atoms in total. The van der Waals surface area contributed by atoms with Gasteiger partial charge in [-0.15, -0.1) is 0 Å². The Hall–Kier alpha value is -0.470. The third-order valence-corrected chi connectivity index (χ3v) is 4.54. The van der Waals surface area contributed by atoms with Crippen molar-refractivity contribution in [3.8, 4) is 0 Å². The highest BCUT2D eigenvalue weighted by atomic mass is 32.2. The summed E-state index contributed by atoms with van der Waals surface area (Å²) in [4.78, 5) is 11.5. The van der Waals surface area contributed by atoms with E-state index < -0.39 is 36.8 Å². The van der Waals surface area contributed by atoms with E-state index in [9.17, 15) is 21.6 Å². The smallest absolute Gasteiger partial charge is 0.213 e. The molecule has 17 heavy (non-hydrogen) atoms. The van der Waals surface area contributed by atoms with Gasteiger partial charge in [-0.3, -0.25) is 4.79 Å². The molecule has 0 aromatic rings. The quantitative estimate of drug-likeness (QED) is 0.714. The fraction of sp³-hybridized carbons (Fsp3) is 0.889. The van der Waals surface area contributed by atoms with E-state index >= 15 is 0 Å². The molecule has 0 aliphatic carbocycles. The van der Waals surface area contributed by atoms with Crippen molar-refractivity contribution in [3.63, 3.8) is 0 Å². The van der Waals surface area contributed by atoms with Gasteiger partial charge < -0.3 is 0 Å². The second-order valence-corrected chi connectivity index (χ2v) is 9.13. The molecule has 1 N–H and O–H groups in total. The van der Waals surface area contributed by atoms with Crippen LogP contribution >= 0.6 is 0 Å². The largest absolute Gasteiger partial charge is 0.298 e. The number of carbonyl (C=O) groups excluding carboxylic acids is 1. The number of hydrogen-bond donors (Lipinski definition) is 1. The average molecular weight is 285 g/mol. The van der Waals surface area contributed by atoms with E-state index in [2.05, 4.69) is 4.72 Å². The molecule has 0 aromatic heterocycles. The number of Topliss-reactive ketones (excluding diaryl/α,β-unsaturated/α-hetero) is 1. The Labute approximate surface area is 103 Å². The van der Waals surface area contributed by atoms with Gasteiger partial charge in [0.2, 0.25) is 10.0 Å². The lowest BCUT2D eigenvalue weighted by atomic mass is 9.91. The summed E-state index contributed by atoms with van der Waals surface area (Å²) in [7, 11) is -7.05. The van der Waals surface area contributed by atoms with Gasteiger partial charge in [-0.05, 0) is 0 Å². The first-order valence-corrected chi connectivity index (χ1v) is 8.73. The van der Waals surface area contributed by atoms with Crippen molar-refractivity contribution in [2.24, 2.45) is 5.41 Å². The normalized spacial score (nSPS) is 13.6. The van der Waals surface area contributed by atoms with Crippen LogP contribution in [0.5, 0.6) is 0 Å². The van der Waals surface area contributed by atoms with E-state index in [1.54, 1.807) is 20.8 Å². The van der Waals surface area contributed by atoms with Gasteiger partial charge in [0, 0.05) is 11.7 Å². The maximum Gasteiger partial charge on any atom is 0.213 e. The summed E-state index contributed by atoms with van der Waals surface area (Å²) in [6.45, 7) is 4.73. The average Bonchev–Trinajstić information content (AvgIpc) is 2.09. The molecule has 0 saturated heterocycles. The Morgan fingerprint density at radius 1 is 1.06 bits per heavy atom. The second-order valence-electron chi connectivity index (χ2n) is 4.94. The van der Waals surface area contributed by atoms with Crippen LogP contribution in [0.2, 0.25) is 0 Å². The molecular formula is C9H19NO5S2. The lowest BCUT2D eigenvalue weighted by Crippen LogP contribution is -2.37. The summed E-state index contributed by atoms with van der Waals surface area (Å²) in [5, 5.41) is 0. The third-order valence-electron chi connectivity index (χ3n) is 2.01. The molecular weight excluding hydrogens is 266 g/mol. The minimum atomic E-state index is -3.72. The molecule has 0 aliphatic heterocycles. The van der Waals surface area contributed by atoms with Crippen molar-refractivity contribution in [2.45, 2.75) is 20.8 Å². The van der Waals surface area contributed by atoms with E-state index in [0.717, 1.165) is 6.26 Å². The first-order valence-electron chi connectivity index (χ1n) is 5.02. The Kier molecular flexibility index (Phi) is 5.30. The van der Waals surface area contributed by atoms with Gasteiger partial charge in [-0.2, -0.15) is 0 Å². The molecule has 0 radical (unpaired) electrons. The molecule has 0 unspecified atom stereocenters. The van der Waals surface area contributed by atoms with Crippen molar-refractivity contribution in [3.05, 3.63) is 0 Å². The van der Waals surface area contributed by atoms with Crippen molar-refractivity contribution in [2.75, 3.05) is 24.3 Å². The summed E-state index contributed by atoms with van der Waals surface area (Å²) < 4.78 is 46.5. The van der Waals surface area contributed by atoms with E-state index in [1.807, 2.05) is 0 Å². The molecule has 0 rings (SSSR count). The number of ketones is 1. The van der Waals surface area contributed by atoms with Crippen LogP contribution in [-0.2, 0) is 24.7 Å². The highest BCUT2D eigenvalue weighted by molar-refractivity contribution is 7.93. The van der Waals surface area contributed by atoms with Crippen LogP contribution in [0.3, 0.4) is 0 Å². The Bertz CT molecular complexity index is 470. The Morgan fingerprint density at radius 3 is 1.88 bits per heavy atom. The zero-order valence-electron chi connectivity index (χ0n) is 10.5. The van der Waals surface area contributed by atoms with Crippen LogP contribution in [0.1, 0.15) is 20.8 Å². The fourth-order valence-corrected chi connectivity index (χ4v) is 3.36. The van der Waals surface area contributed by atoms with E-state index in [1.165, 1.54) is 0 Å². The summed E-state index contributed by atoms with van der Waals surface area (Å²) in [6, 6.07) is 0. The highest BCUT2D eigenvalue weighted by Crippen LogP contribution is 2.13. The van der Waals surface area contributed by atoms with Crippen molar-refractivity contribution in [1.29, 1.82) is 0 Å². The standard InChI is InChI=1S/C9H19NO5S2/c1-9(2,3)8(11)7-10-17(14,15)6-5-16(4,12)13/h10H,5-7H2,1-4H3. The van der Waals surface area contributed by atoms with Gasteiger partial charge >= 0.3 is 0 Å². The monoisotopic (exact) mass is 285 g/mol. The van der Waals surface area contributed by atoms with Crippen LogP contribution < -0.4 is 4.72 Å². The third kappa shape index (κ3) is 8.28. The van der Waals surface area contributed by atoms with Crippen molar-refractivity contribution < 1.29 is 21.6 Å². The van der Waals surface area contributed by atoms with Gasteiger partial charge in [0.05, 0.1) is 18.1 Å². The zero-order valence-corrected chi connectivity index (χ0v) is 12.1. The molecule has 0 aliphatic rings. The van der Waals surface area contributed by atoms with Gasteiger partial charge in [0.1, 0.15) is 9.84 Å². The van der Waals surface area contributed by atoms with Crippen molar-refractivity contribution in [1.82, 2.24) is 4.72 Å². The van der Waals surface area contributed by atoms with Gasteiger partial charge in [0.25, 0.3) is 0 Å². The maximum absolute atomic E-state index is 11.5. The molecule has 0 amide bonds. The van der Waals surface area contributed by atoms with E-state index in [0.29, 0.717) is 0 Å². The lowest BCUT2D eigenvalue weighted by Gasteiger charge is -2.16. The molecule has 0 aromatic carbocycles. The highest BCUT2D eigenvalue weighted by Gasteiger charge is 2.23. The number of nitrogens with one attached hydrogen (secondary N) is 1. The molecule has 0 saturated carbocycles. The lowest BCUT2D eigenvalue weighted by molar-refractivity contribution is -0.125. The van der Waals surface area contributed by atoms with E-state index in [-0.39, 0.29) is 12.3 Å². The molecule has 0 heterocycles. The first kappa shape index (κ1) is 16.5. The molecule has 0 bridgehead atoms. The molecule has 0 fully saturated rings. The van der Waals surface area contributed by atoms with Crippen molar-refractivity contribution >= 4 is 25.6 Å². The zero-order chi connectivity index (χ0) is 13.9. The number of carbonyl (C=O) groups is 1. The van der Waals surface area contributed by atoms with Crippen LogP contribution in [0.4, 0.5) is 0 Å². The van der Waals surface area contributed by atoms with Gasteiger partial charge in [-0.25, -0.2) is 21.6 Å². The maximum atomic E-state index is 11.5. The van der Waals surface area contributed by atoms with Crippen LogP contribution in [0.15, 0.2) is 0 Å². The number of sulfonamides is 1. The Balaban J connectivity index is 4.35. The van der Waals surface area contributed by atoms with Gasteiger partial charge in [0.15, 0.2) is 5.78 Å². The predicted molar refractivity (Wildman–Crippen MR) is 66.0 cm³/mol. The van der Waals surface area contributed by atoms with Crippen LogP contribution in [0, 0.1) is 5.41 Å². The predicted octanol–water partition coefficient (Wildman–Crippen LogP) is -0.434. The number of rotatable bonds is 6. The Morgan fingerprint density at radius 2 is 1.53 bits per heavy atom. The van der Waals surface area contributed by atoms with Crippen LogP contribution in [0.25, 0.3) is 0 Å². The fourth-order valence-electron chi connectivity index (χ4n) is 0.774. The molecule has 102 valence electrons. The summed E-state index contributed by atoms with van der Waals surface area (Å²) in [5.41, 5.74) is -0.626. The van der Waals surface area contributed by atoms with Gasteiger partial charge in [-0.1, -0.05) is 20.8 Å². The topological polar surface area (TPSA) is 97.4 Å². The summed E-state index contributed by atoms with van der Waals surface area (Å²) >= 11 is 0. The molecule has 0 spiro atoms. The number of sulfone groups is 1. The molecule has 8 heteroatoms. The second kappa shape index (κ2) is 5.45. The minimum absolute atomic E-state index is 0.250. The van der Waals surface area contributed by atoms with E-state index in [4.69, 9.17) is 0 Å². The SMILES string of the molecule is CC(C)(C)C(=O)CNS(=O)(=O)CCS(C)(=O)=O. The minimum Gasteiger partial charge on any atom is -0.298 e. The summed E-state index contributed by atoms with van der Waals surface area (Å²) in [5.74, 6) is -1.23. The first-order chi connectivity index (χ1) is 7.33. The summed E-state index contributed by atoms with van der Waals surface area (Å²) in [6.07, 6.45) is 0.961.